The Hall–Kier alpha value is -1.40. The lowest BCUT2D eigenvalue weighted by molar-refractivity contribution is -0.122. The fourth-order valence-corrected chi connectivity index (χ4v) is 2.01. The number of alkyl halides is 2. The average Bonchev–Trinajstić information content (AvgIpc) is 2.91. The van der Waals surface area contributed by atoms with Gasteiger partial charge in [-0.25, -0.2) is 0 Å². The van der Waals surface area contributed by atoms with E-state index in [9.17, 15) is 13.6 Å². The molecule has 4 nitrogen and oxygen atoms in total. The van der Waals surface area contributed by atoms with E-state index in [4.69, 9.17) is 0 Å². The highest BCUT2D eigenvalue weighted by Gasteiger charge is 2.21. The standard InChI is InChI=1S/C13H16F2N2O2.ClH/c14-13(15)19-10-5-3-9(4-6-10)8-17-12(18)11-2-1-7-16-11;/h3-6,11,13,16H,1-2,7-8H2,(H,17,18);1H/t11-;/m0./s1. The predicted molar refractivity (Wildman–Crippen MR) is 73.2 cm³/mol. The Morgan fingerprint density at radius 3 is 2.65 bits per heavy atom. The fourth-order valence-electron chi connectivity index (χ4n) is 2.01. The summed E-state index contributed by atoms with van der Waals surface area (Å²) in [7, 11) is 0. The maximum absolute atomic E-state index is 12.0. The molecule has 1 aromatic rings. The molecule has 1 fully saturated rings. The molecule has 1 saturated heterocycles. The molecule has 2 N–H and O–H groups in total. The quantitative estimate of drug-likeness (QED) is 0.876. The molecule has 0 spiro atoms. The molecule has 0 unspecified atom stereocenters. The molecule has 2 rings (SSSR count). The molecular weight excluding hydrogens is 290 g/mol. The highest BCUT2D eigenvalue weighted by Crippen LogP contribution is 2.15. The van der Waals surface area contributed by atoms with Crippen LogP contribution >= 0.6 is 12.4 Å². The minimum atomic E-state index is -2.82. The Labute approximate surface area is 122 Å². The van der Waals surface area contributed by atoms with Crippen molar-refractivity contribution in [1.29, 1.82) is 0 Å². The van der Waals surface area contributed by atoms with E-state index in [1.807, 2.05) is 0 Å². The molecule has 1 aliphatic heterocycles. The highest BCUT2D eigenvalue weighted by molar-refractivity contribution is 5.85. The molecule has 0 aliphatic carbocycles. The molecule has 20 heavy (non-hydrogen) atoms. The molecule has 0 radical (unpaired) electrons. The van der Waals surface area contributed by atoms with Crippen molar-refractivity contribution in [3.05, 3.63) is 29.8 Å². The number of ether oxygens (including phenoxy) is 1. The predicted octanol–water partition coefficient (Wildman–Crippen LogP) is 2.08. The van der Waals surface area contributed by atoms with Crippen LogP contribution in [0.25, 0.3) is 0 Å². The molecule has 1 amide bonds. The smallest absolute Gasteiger partial charge is 0.387 e. The maximum Gasteiger partial charge on any atom is 0.387 e. The van der Waals surface area contributed by atoms with E-state index in [1.54, 1.807) is 12.1 Å². The summed E-state index contributed by atoms with van der Waals surface area (Å²) in [6.45, 7) is -1.57. The van der Waals surface area contributed by atoms with Crippen molar-refractivity contribution in [3.8, 4) is 5.75 Å². The van der Waals surface area contributed by atoms with E-state index in [-0.39, 0.29) is 30.1 Å². The lowest BCUT2D eigenvalue weighted by Crippen LogP contribution is -2.39. The van der Waals surface area contributed by atoms with Crippen molar-refractivity contribution in [3.63, 3.8) is 0 Å². The van der Waals surface area contributed by atoms with Gasteiger partial charge in [-0.05, 0) is 37.1 Å². The van der Waals surface area contributed by atoms with Gasteiger partial charge < -0.3 is 15.4 Å². The van der Waals surface area contributed by atoms with Gasteiger partial charge in [0.1, 0.15) is 5.75 Å². The summed E-state index contributed by atoms with van der Waals surface area (Å²) in [4.78, 5) is 11.7. The Bertz CT molecular complexity index is 423. The number of benzene rings is 1. The summed E-state index contributed by atoms with van der Waals surface area (Å²) in [6, 6.07) is 6.12. The van der Waals surface area contributed by atoms with Crippen molar-refractivity contribution < 1.29 is 18.3 Å². The van der Waals surface area contributed by atoms with E-state index in [1.165, 1.54) is 12.1 Å². The van der Waals surface area contributed by atoms with E-state index in [0.717, 1.165) is 24.9 Å². The van der Waals surface area contributed by atoms with Crippen LogP contribution in [0.2, 0.25) is 0 Å². The molecule has 0 saturated carbocycles. The van der Waals surface area contributed by atoms with Crippen LogP contribution in [0.5, 0.6) is 5.75 Å². The molecule has 1 heterocycles. The van der Waals surface area contributed by atoms with Gasteiger partial charge in [0.05, 0.1) is 6.04 Å². The molecule has 1 aromatic carbocycles. The molecule has 0 aromatic heterocycles. The minimum Gasteiger partial charge on any atom is -0.435 e. The zero-order valence-corrected chi connectivity index (χ0v) is 11.6. The first-order valence-corrected chi connectivity index (χ1v) is 6.20. The second-order valence-corrected chi connectivity index (χ2v) is 4.39. The molecule has 1 aliphatic rings. The summed E-state index contributed by atoms with van der Waals surface area (Å²) in [5.74, 6) is 0.0907. The average molecular weight is 307 g/mol. The number of amides is 1. The fraction of sp³-hybridized carbons (Fsp3) is 0.462. The molecule has 7 heteroatoms. The van der Waals surface area contributed by atoms with Gasteiger partial charge in [-0.15, -0.1) is 12.4 Å². The summed E-state index contributed by atoms with van der Waals surface area (Å²) >= 11 is 0. The van der Waals surface area contributed by atoms with E-state index in [2.05, 4.69) is 15.4 Å². The third-order valence-corrected chi connectivity index (χ3v) is 2.99. The monoisotopic (exact) mass is 306 g/mol. The second-order valence-electron chi connectivity index (χ2n) is 4.39. The first-order chi connectivity index (χ1) is 9.15. The second kappa shape index (κ2) is 8.01. The van der Waals surface area contributed by atoms with Crippen molar-refractivity contribution in [2.24, 2.45) is 0 Å². The van der Waals surface area contributed by atoms with Gasteiger partial charge in [-0.3, -0.25) is 4.79 Å². The van der Waals surface area contributed by atoms with Crippen LogP contribution in [0.3, 0.4) is 0 Å². The van der Waals surface area contributed by atoms with Crippen LogP contribution in [-0.2, 0) is 11.3 Å². The molecule has 0 bridgehead atoms. The summed E-state index contributed by atoms with van der Waals surface area (Å²) in [5.41, 5.74) is 0.841. The molecule has 1 atom stereocenters. The summed E-state index contributed by atoms with van der Waals surface area (Å²) in [6.07, 6.45) is 1.87. The number of carbonyl (C=O) groups is 1. The Morgan fingerprint density at radius 2 is 2.10 bits per heavy atom. The topological polar surface area (TPSA) is 50.4 Å². The normalized spacial score (nSPS) is 17.6. The third-order valence-electron chi connectivity index (χ3n) is 2.99. The molecule has 112 valence electrons. The lowest BCUT2D eigenvalue weighted by atomic mass is 10.2. The SMILES string of the molecule is Cl.O=C(NCc1ccc(OC(F)F)cc1)[C@@H]1CCCN1. The zero-order chi connectivity index (χ0) is 13.7. The molecular formula is C13H17ClF2N2O2. The van der Waals surface area contributed by atoms with Gasteiger partial charge in [0.2, 0.25) is 5.91 Å². The lowest BCUT2D eigenvalue weighted by Gasteiger charge is -2.11. The van der Waals surface area contributed by atoms with Gasteiger partial charge in [0.15, 0.2) is 0 Å². The van der Waals surface area contributed by atoms with Gasteiger partial charge in [-0.1, -0.05) is 12.1 Å². The number of nitrogens with one attached hydrogen (secondary N) is 2. The van der Waals surface area contributed by atoms with Crippen LogP contribution in [-0.4, -0.2) is 25.1 Å². The van der Waals surface area contributed by atoms with Gasteiger partial charge in [0, 0.05) is 6.54 Å². The third kappa shape index (κ3) is 4.94. The largest absolute Gasteiger partial charge is 0.435 e. The number of halogens is 3. The minimum absolute atomic E-state index is 0. The zero-order valence-electron chi connectivity index (χ0n) is 10.8. The van der Waals surface area contributed by atoms with Crippen LogP contribution < -0.4 is 15.4 Å². The van der Waals surface area contributed by atoms with Crippen LogP contribution in [0.1, 0.15) is 18.4 Å². The Morgan fingerprint density at radius 1 is 1.40 bits per heavy atom. The van der Waals surface area contributed by atoms with Crippen molar-refractivity contribution in [2.75, 3.05) is 6.54 Å². The van der Waals surface area contributed by atoms with Crippen LogP contribution in [0.4, 0.5) is 8.78 Å². The maximum atomic E-state index is 12.0. The summed E-state index contributed by atoms with van der Waals surface area (Å²) < 4.78 is 28.2. The van der Waals surface area contributed by atoms with Crippen molar-refractivity contribution >= 4 is 18.3 Å². The number of hydrogen-bond acceptors (Lipinski definition) is 3. The van der Waals surface area contributed by atoms with Crippen LogP contribution in [0, 0.1) is 0 Å². The van der Waals surface area contributed by atoms with Crippen molar-refractivity contribution in [2.45, 2.75) is 32.0 Å². The Kier molecular flexibility index (Phi) is 6.67. The van der Waals surface area contributed by atoms with Gasteiger partial charge in [-0.2, -0.15) is 8.78 Å². The first kappa shape index (κ1) is 16.7. The number of hydrogen-bond donors (Lipinski definition) is 2. The Balaban J connectivity index is 0.00000200. The summed E-state index contributed by atoms with van der Waals surface area (Å²) in [5, 5.41) is 5.92. The first-order valence-electron chi connectivity index (χ1n) is 6.20. The van der Waals surface area contributed by atoms with Crippen molar-refractivity contribution in [1.82, 2.24) is 10.6 Å². The van der Waals surface area contributed by atoms with Gasteiger partial charge in [0.25, 0.3) is 0 Å². The van der Waals surface area contributed by atoms with E-state index < -0.39 is 6.61 Å². The van der Waals surface area contributed by atoms with E-state index >= 15 is 0 Å². The highest BCUT2D eigenvalue weighted by atomic mass is 35.5. The van der Waals surface area contributed by atoms with Crippen LogP contribution in [0.15, 0.2) is 24.3 Å². The van der Waals surface area contributed by atoms with Gasteiger partial charge >= 0.3 is 6.61 Å². The van der Waals surface area contributed by atoms with E-state index in [0.29, 0.717) is 6.54 Å². The number of rotatable bonds is 5. The number of carbonyl (C=O) groups excluding carboxylic acids is 1.